The summed E-state index contributed by atoms with van der Waals surface area (Å²) in [6.45, 7) is 7.60. The Kier molecular flexibility index (Phi) is 15.7. The lowest BCUT2D eigenvalue weighted by Gasteiger charge is -2.34. The Morgan fingerprint density at radius 2 is 0.812 bits per heavy atom. The molecule has 2 aromatic heterocycles. The molecule has 0 spiro atoms. The number of aromatic carboxylic acids is 2. The van der Waals surface area contributed by atoms with Gasteiger partial charge in [-0.05, 0) is 292 Å². The third-order valence-corrected chi connectivity index (χ3v) is 22.0. The van der Waals surface area contributed by atoms with Gasteiger partial charge in [-0.1, -0.05) is 151 Å². The summed E-state index contributed by atoms with van der Waals surface area (Å²) in [6.07, 6.45) is 13.6. The van der Waals surface area contributed by atoms with E-state index in [-0.39, 0.29) is 22.5 Å². The first kappa shape index (κ1) is 67.8. The third kappa shape index (κ3) is 9.99. The minimum Gasteiger partial charge on any atom is -0.478 e. The number of hydrogen-bond donors (Lipinski definition) is 2. The van der Waals surface area contributed by atoms with Gasteiger partial charge in [0.1, 0.15) is 5.41 Å². The van der Waals surface area contributed by atoms with Crippen molar-refractivity contribution in [2.75, 3.05) is 9.80 Å². The highest BCUT2D eigenvalue weighted by atomic mass is 16.4. The van der Waals surface area contributed by atoms with Gasteiger partial charge in [0.05, 0.1) is 39.3 Å². The topological polar surface area (TPSA) is 175 Å². The molecule has 520 valence electrons. The SMILES string of the molecule is C#CC#CC#CC#CC1(C#CC#CC#CC#C)c2ccccc2-c2cc3c(cc21)-c1ccccc1C3(c1ccc(-c2cc(C)c(N3C(=O)c4ccc5c6ccc7c8c(ccc(c9ccc(c4c59)C3=O)c86)C(=O)N(c3c(C)cccc3C)C7=O)c(C)c2)cc1)c1ccc(-c2cnc(-c3cc(C(=O)O)ccn3)cc2C(=O)O)cc1. The Bertz CT molecular complexity index is 7070. The summed E-state index contributed by atoms with van der Waals surface area (Å²) in [6, 6.07) is 65.4. The van der Waals surface area contributed by atoms with E-state index in [4.69, 9.17) is 12.8 Å². The van der Waals surface area contributed by atoms with Gasteiger partial charge >= 0.3 is 11.9 Å². The highest BCUT2D eigenvalue weighted by Gasteiger charge is 2.50. The molecule has 0 saturated carbocycles. The lowest BCUT2D eigenvalue weighted by atomic mass is 9.67. The zero-order valence-electron chi connectivity index (χ0n) is 60.1. The minimum atomic E-state index is -1.28. The number of benzene rings is 12. The third-order valence-electron chi connectivity index (χ3n) is 22.0. The van der Waals surface area contributed by atoms with E-state index < -0.39 is 46.4 Å². The summed E-state index contributed by atoms with van der Waals surface area (Å²) < 4.78 is 0. The Labute approximate surface area is 642 Å². The quantitative estimate of drug-likeness (QED) is 0.0612. The number of pyridine rings is 2. The number of imide groups is 2. The first-order chi connectivity index (χ1) is 54.5. The summed E-state index contributed by atoms with van der Waals surface area (Å²) in [5.41, 5.74) is 14.8. The standard InChI is InChI=1S/C100H52N4O8/c1-7-9-11-13-15-21-47-99(48-22-16-14-12-10-8-2)81-28-19-17-26-67(81)77-54-84-78(53-83(77)99)68-27-18-20-29-82(68)100(84,66-36-32-62(33-37-66)80-56-102-86(55-79(80)98(111)112)85-52-63(97(109)110)46-49-101-85)65-34-30-61(31-35-65)64-50-59(5)92(60(6)51-64)104-95(107)75-44-40-71-69-38-42-73-89-74(94(106)103(93(73)105)91-57(3)24-23-25-58(91)4)43-39-70(87(69)89)72-41-45-76(96(104)108)90(75)88(71)72/h1-2,17-20,23-46,49-56H,3-6H3,(H,109,110)(H,111,112). The number of carboxylic acid groups (broad SMARTS) is 2. The number of aromatic nitrogens is 2. The maximum atomic E-state index is 15.4. The van der Waals surface area contributed by atoms with E-state index in [1.165, 1.54) is 40.4 Å². The van der Waals surface area contributed by atoms with Crippen LogP contribution >= 0.6 is 0 Å². The highest BCUT2D eigenvalue weighted by Crippen LogP contribution is 2.61. The van der Waals surface area contributed by atoms with Gasteiger partial charge in [0, 0.05) is 51.0 Å². The van der Waals surface area contributed by atoms with Crippen molar-refractivity contribution in [2.24, 2.45) is 0 Å². The van der Waals surface area contributed by atoms with E-state index in [2.05, 4.69) is 141 Å². The minimum absolute atomic E-state index is 0.0269. The molecule has 12 nitrogen and oxygen atoms in total. The van der Waals surface area contributed by atoms with E-state index in [1.807, 2.05) is 143 Å². The van der Waals surface area contributed by atoms with Crippen molar-refractivity contribution in [3.63, 3.8) is 0 Å². The van der Waals surface area contributed by atoms with Crippen molar-refractivity contribution in [1.82, 2.24) is 9.97 Å². The van der Waals surface area contributed by atoms with Crippen molar-refractivity contribution in [3.05, 3.63) is 308 Å². The van der Waals surface area contributed by atoms with Crippen molar-refractivity contribution in [1.29, 1.82) is 0 Å². The van der Waals surface area contributed by atoms with Gasteiger partial charge in [0.15, 0.2) is 0 Å². The van der Waals surface area contributed by atoms with Crippen molar-refractivity contribution in [2.45, 2.75) is 38.5 Å². The number of para-hydroxylation sites is 1. The molecule has 2 aliphatic heterocycles. The largest absolute Gasteiger partial charge is 0.478 e. The van der Waals surface area contributed by atoms with Crippen LogP contribution in [-0.4, -0.2) is 55.7 Å². The molecule has 112 heavy (non-hydrogen) atoms. The van der Waals surface area contributed by atoms with E-state index in [0.29, 0.717) is 66.7 Å². The van der Waals surface area contributed by atoms with Crippen molar-refractivity contribution >= 4 is 90.0 Å². The highest BCUT2D eigenvalue weighted by molar-refractivity contribution is 6.45. The van der Waals surface area contributed by atoms with Crippen LogP contribution in [0.4, 0.5) is 11.4 Å². The number of carboxylic acids is 2. The molecular formula is C100H52N4O8. The molecule has 2 aliphatic carbocycles. The maximum absolute atomic E-state index is 15.4. The number of rotatable bonds is 9. The Balaban J connectivity index is 0.752. The predicted molar refractivity (Wildman–Crippen MR) is 435 cm³/mol. The summed E-state index contributed by atoms with van der Waals surface area (Å²) in [4.78, 5) is 96.8. The summed E-state index contributed by atoms with van der Waals surface area (Å²) >= 11 is 0. The molecule has 0 saturated heterocycles. The van der Waals surface area contributed by atoms with Crippen molar-refractivity contribution < 1.29 is 39.0 Å². The fourth-order valence-corrected chi connectivity index (χ4v) is 17.5. The van der Waals surface area contributed by atoms with Crippen molar-refractivity contribution in [3.8, 4) is 152 Å². The van der Waals surface area contributed by atoms with Gasteiger partial charge < -0.3 is 10.2 Å². The molecule has 14 aromatic rings. The first-order valence-corrected chi connectivity index (χ1v) is 35.6. The molecule has 0 fully saturated rings. The van der Waals surface area contributed by atoms with Crippen LogP contribution in [0.1, 0.15) is 118 Å². The van der Waals surface area contributed by atoms with E-state index in [0.717, 1.165) is 110 Å². The zero-order chi connectivity index (χ0) is 77.2. The summed E-state index contributed by atoms with van der Waals surface area (Å²) in [5.74, 6) is 35.0. The van der Waals surface area contributed by atoms with Crippen LogP contribution in [0.5, 0.6) is 0 Å². The molecule has 0 bridgehead atoms. The van der Waals surface area contributed by atoms with E-state index in [1.54, 1.807) is 24.3 Å². The molecular weight excluding hydrogens is 1390 g/mol. The van der Waals surface area contributed by atoms with E-state index in [9.17, 15) is 29.4 Å². The number of anilines is 2. The number of nitrogens with zero attached hydrogens (tertiary/aromatic N) is 4. The van der Waals surface area contributed by atoms with Crippen LogP contribution in [0.25, 0.3) is 99.0 Å². The fourth-order valence-electron chi connectivity index (χ4n) is 17.5. The van der Waals surface area contributed by atoms with Crippen LogP contribution in [0.3, 0.4) is 0 Å². The molecule has 12 aromatic carbocycles. The molecule has 0 radical (unpaired) electrons. The second-order valence-corrected chi connectivity index (χ2v) is 27.9. The second kappa shape index (κ2) is 25.9. The first-order valence-electron chi connectivity index (χ1n) is 35.6. The molecule has 4 aliphatic rings. The molecule has 4 heterocycles. The lowest BCUT2D eigenvalue weighted by Crippen LogP contribution is -2.41. The average molecular weight is 1440 g/mol. The Morgan fingerprint density at radius 1 is 0.366 bits per heavy atom. The van der Waals surface area contributed by atoms with Crippen LogP contribution in [0.15, 0.2) is 219 Å². The number of terminal acetylenes is 2. The fraction of sp³-hybridized carbons (Fsp3) is 0.0600. The molecule has 1 atom stereocenters. The maximum Gasteiger partial charge on any atom is 0.336 e. The molecule has 1 unspecified atom stereocenters. The molecule has 2 N–H and O–H groups in total. The Morgan fingerprint density at radius 3 is 1.32 bits per heavy atom. The molecule has 4 amide bonds. The molecule has 12 heteroatoms. The van der Waals surface area contributed by atoms with Gasteiger partial charge in [-0.3, -0.25) is 29.1 Å². The average Bonchev–Trinajstić information content (AvgIpc) is 1.68. The number of fused-ring (bicyclic) bond motifs is 8. The summed E-state index contributed by atoms with van der Waals surface area (Å²) in [5, 5.41) is 26.4. The Hall–Kier alpha value is -16.1. The van der Waals surface area contributed by atoms with Gasteiger partial charge in [-0.15, -0.1) is 12.8 Å². The van der Waals surface area contributed by atoms with Gasteiger partial charge in [0.25, 0.3) is 23.6 Å². The zero-order valence-corrected chi connectivity index (χ0v) is 60.1. The molecule has 18 rings (SSSR count). The number of amides is 4. The lowest BCUT2D eigenvalue weighted by molar-refractivity contribution is 0.0686. The van der Waals surface area contributed by atoms with Crippen LogP contribution in [-0.2, 0) is 10.8 Å². The number of carbonyl (C=O) groups is 6. The van der Waals surface area contributed by atoms with Gasteiger partial charge in [0.2, 0.25) is 0 Å². The number of hydrogen-bond acceptors (Lipinski definition) is 8. The van der Waals surface area contributed by atoms with Crippen LogP contribution < -0.4 is 9.80 Å². The van der Waals surface area contributed by atoms with Crippen LogP contribution in [0, 0.1) is 123 Å². The monoisotopic (exact) mass is 1440 g/mol. The summed E-state index contributed by atoms with van der Waals surface area (Å²) in [7, 11) is 0. The number of aryl methyl sites for hydroxylation is 4. The van der Waals surface area contributed by atoms with Gasteiger partial charge in [-0.25, -0.2) is 19.4 Å². The van der Waals surface area contributed by atoms with Crippen LogP contribution in [0.2, 0.25) is 0 Å². The van der Waals surface area contributed by atoms with E-state index >= 15 is 9.59 Å². The number of carbonyl (C=O) groups excluding carboxylic acids is 4. The predicted octanol–water partition coefficient (Wildman–Crippen LogP) is 17.7. The van der Waals surface area contributed by atoms with Gasteiger partial charge in [-0.2, -0.15) is 0 Å². The second-order valence-electron chi connectivity index (χ2n) is 27.9. The smallest absolute Gasteiger partial charge is 0.336 e. The normalized spacial score (nSPS) is 14.1.